The van der Waals surface area contributed by atoms with Crippen LogP contribution in [0.15, 0.2) is 0 Å². The summed E-state index contributed by atoms with van der Waals surface area (Å²) in [5, 5.41) is 0. The largest absolute Gasteiger partial charge is 0.355 e. The average Bonchev–Trinajstić information content (AvgIpc) is 1.72. The zero-order valence-corrected chi connectivity index (χ0v) is 3.64. The predicted octanol–water partition coefficient (Wildman–Crippen LogP) is 1.02. The van der Waals surface area contributed by atoms with E-state index in [4.69, 9.17) is 9.47 Å². The highest BCUT2D eigenvalue weighted by Crippen LogP contribution is 1.91. The third kappa shape index (κ3) is 2.60. The van der Waals surface area contributed by atoms with E-state index in [9.17, 15) is 0 Å². The van der Waals surface area contributed by atoms with E-state index < -0.39 is 0 Å². The van der Waals surface area contributed by atoms with Crippen LogP contribution in [-0.4, -0.2) is 20.0 Å². The van der Waals surface area contributed by atoms with E-state index >= 15 is 0 Å². The molecule has 1 aliphatic heterocycles. The summed E-state index contributed by atoms with van der Waals surface area (Å²) in [6, 6.07) is 0. The van der Waals surface area contributed by atoms with Crippen LogP contribution in [0.4, 0.5) is 0 Å². The van der Waals surface area contributed by atoms with Crippen molar-refractivity contribution in [2.24, 2.45) is 0 Å². The second-order valence-electron chi connectivity index (χ2n) is 1.29. The summed E-state index contributed by atoms with van der Waals surface area (Å²) < 4.78 is 9.69. The molecule has 2 heteroatoms. The Bertz CT molecular complexity index is 21.6. The van der Waals surface area contributed by atoms with Crippen molar-refractivity contribution in [1.29, 1.82) is 0 Å². The normalized spacial score (nSPS) is 20.6. The maximum atomic E-state index is 4.85. The minimum Gasteiger partial charge on any atom is -0.355 e. The van der Waals surface area contributed by atoms with Crippen molar-refractivity contribution >= 4 is 0 Å². The van der Waals surface area contributed by atoms with Gasteiger partial charge >= 0.3 is 0 Å². The van der Waals surface area contributed by atoms with Crippen molar-refractivity contribution in [1.82, 2.24) is 0 Å². The Kier molecular flexibility index (Phi) is 4.04. The molecule has 1 saturated heterocycles. The average molecular weight is 104 g/mol. The molecule has 1 aliphatic rings. The molecule has 1 heterocycles. The third-order valence-corrected chi connectivity index (χ3v) is 0.744. The molecule has 0 aliphatic carbocycles. The van der Waals surface area contributed by atoms with Crippen molar-refractivity contribution in [3.8, 4) is 0 Å². The van der Waals surface area contributed by atoms with Crippen molar-refractivity contribution in [2.45, 2.75) is 13.8 Å². The molecule has 0 amide bonds. The molecule has 0 atom stereocenters. The molecule has 0 aromatic rings. The van der Waals surface area contributed by atoms with Crippen LogP contribution in [-0.2, 0) is 9.47 Å². The Morgan fingerprint density at radius 3 is 1.71 bits per heavy atom. The van der Waals surface area contributed by atoms with E-state index in [1.165, 1.54) is 0 Å². The van der Waals surface area contributed by atoms with Gasteiger partial charge in [-0.3, -0.25) is 0 Å². The second-order valence-corrected chi connectivity index (χ2v) is 1.29. The van der Waals surface area contributed by atoms with Crippen molar-refractivity contribution in [3.05, 3.63) is 0 Å². The van der Waals surface area contributed by atoms with Gasteiger partial charge in [0.05, 0.1) is 13.2 Å². The van der Waals surface area contributed by atoms with Crippen LogP contribution in [0.3, 0.4) is 0 Å². The maximum Gasteiger partial charge on any atom is 0.146 e. The van der Waals surface area contributed by atoms with Crippen molar-refractivity contribution in [2.75, 3.05) is 20.0 Å². The quantitative estimate of drug-likeness (QED) is 0.456. The number of rotatable bonds is 0. The van der Waals surface area contributed by atoms with Gasteiger partial charge in [0.15, 0.2) is 0 Å². The molecular formula is C5H12O2. The molecule has 0 radical (unpaired) electrons. The van der Waals surface area contributed by atoms with Crippen LogP contribution in [0.25, 0.3) is 0 Å². The van der Waals surface area contributed by atoms with Crippen LogP contribution in [0.2, 0.25) is 0 Å². The molecular weight excluding hydrogens is 92.1 g/mol. The summed E-state index contributed by atoms with van der Waals surface area (Å²) in [6.07, 6.45) is 1.06. The minimum absolute atomic E-state index is 0. The molecule has 1 fully saturated rings. The lowest BCUT2D eigenvalue weighted by atomic mass is 10.5. The van der Waals surface area contributed by atoms with Crippen LogP contribution < -0.4 is 0 Å². The Hall–Kier alpha value is -0.0800. The van der Waals surface area contributed by atoms with Crippen molar-refractivity contribution < 1.29 is 9.47 Å². The Morgan fingerprint density at radius 1 is 1.00 bits per heavy atom. The monoisotopic (exact) mass is 104 g/mol. The lowest BCUT2D eigenvalue weighted by Crippen LogP contribution is -2.11. The van der Waals surface area contributed by atoms with Gasteiger partial charge in [-0.15, -0.1) is 0 Å². The number of ether oxygens (including phenoxy) is 2. The third-order valence-electron chi connectivity index (χ3n) is 0.744. The first-order valence-electron chi connectivity index (χ1n) is 2.15. The van der Waals surface area contributed by atoms with Gasteiger partial charge in [-0.25, -0.2) is 0 Å². The number of hydrogen-bond donors (Lipinski definition) is 0. The summed E-state index contributed by atoms with van der Waals surface area (Å²) in [6.45, 7) is 2.25. The summed E-state index contributed by atoms with van der Waals surface area (Å²) >= 11 is 0. The Morgan fingerprint density at radius 2 is 1.57 bits per heavy atom. The molecule has 0 saturated carbocycles. The summed E-state index contributed by atoms with van der Waals surface area (Å²) in [7, 11) is 0. The summed E-state index contributed by atoms with van der Waals surface area (Å²) in [5.41, 5.74) is 0. The summed E-state index contributed by atoms with van der Waals surface area (Å²) in [5.74, 6) is 0. The smallest absolute Gasteiger partial charge is 0.146 e. The van der Waals surface area contributed by atoms with Gasteiger partial charge in [-0.05, 0) is 6.42 Å². The SMILES string of the molecule is C.C1COCOC1. The highest BCUT2D eigenvalue weighted by molar-refractivity contribution is 4.34. The standard InChI is InChI=1S/C4H8O2.CH4/c1-2-5-4-6-3-1;/h1-4H2;1H4. The zero-order chi connectivity index (χ0) is 4.24. The van der Waals surface area contributed by atoms with E-state index in [1.807, 2.05) is 0 Å². The lowest BCUT2D eigenvalue weighted by molar-refractivity contribution is -0.0963. The fourth-order valence-corrected chi connectivity index (χ4v) is 0.440. The second kappa shape index (κ2) is 4.09. The van der Waals surface area contributed by atoms with Crippen LogP contribution in [0.1, 0.15) is 13.8 Å². The van der Waals surface area contributed by atoms with Crippen LogP contribution in [0, 0.1) is 0 Å². The highest BCUT2D eigenvalue weighted by atomic mass is 16.7. The van der Waals surface area contributed by atoms with Gasteiger partial charge in [-0.2, -0.15) is 0 Å². The van der Waals surface area contributed by atoms with E-state index in [0.717, 1.165) is 19.6 Å². The summed E-state index contributed by atoms with van der Waals surface area (Å²) in [4.78, 5) is 0. The van der Waals surface area contributed by atoms with Gasteiger partial charge in [0.25, 0.3) is 0 Å². The molecule has 2 nitrogen and oxygen atoms in total. The molecule has 1 rings (SSSR count). The van der Waals surface area contributed by atoms with Gasteiger partial charge < -0.3 is 9.47 Å². The van der Waals surface area contributed by atoms with Gasteiger partial charge in [0.2, 0.25) is 0 Å². The van der Waals surface area contributed by atoms with E-state index in [0.29, 0.717) is 6.79 Å². The van der Waals surface area contributed by atoms with E-state index in [-0.39, 0.29) is 7.43 Å². The molecule has 0 aromatic heterocycles. The molecule has 44 valence electrons. The molecule has 0 N–H and O–H groups in total. The van der Waals surface area contributed by atoms with Crippen LogP contribution >= 0.6 is 0 Å². The number of hydrogen-bond acceptors (Lipinski definition) is 2. The van der Waals surface area contributed by atoms with Gasteiger partial charge in [0, 0.05) is 0 Å². The Balaban J connectivity index is 0.000000360. The first-order valence-corrected chi connectivity index (χ1v) is 2.15. The maximum absolute atomic E-state index is 4.85. The molecule has 0 bridgehead atoms. The fraction of sp³-hybridized carbons (Fsp3) is 1.00. The van der Waals surface area contributed by atoms with Crippen LogP contribution in [0.5, 0.6) is 0 Å². The first kappa shape index (κ1) is 6.92. The zero-order valence-electron chi connectivity index (χ0n) is 3.64. The highest BCUT2D eigenvalue weighted by Gasteiger charge is 1.94. The van der Waals surface area contributed by atoms with Gasteiger partial charge in [0.1, 0.15) is 6.79 Å². The van der Waals surface area contributed by atoms with E-state index in [2.05, 4.69) is 0 Å². The minimum atomic E-state index is 0. The van der Waals surface area contributed by atoms with Gasteiger partial charge in [-0.1, -0.05) is 7.43 Å². The first-order chi connectivity index (χ1) is 3.00. The Labute approximate surface area is 44.4 Å². The molecule has 0 spiro atoms. The molecule has 0 aromatic carbocycles. The fourth-order valence-electron chi connectivity index (χ4n) is 0.440. The van der Waals surface area contributed by atoms with Crippen molar-refractivity contribution in [3.63, 3.8) is 0 Å². The molecule has 0 unspecified atom stereocenters. The molecule has 7 heavy (non-hydrogen) atoms. The van der Waals surface area contributed by atoms with E-state index in [1.54, 1.807) is 0 Å². The lowest BCUT2D eigenvalue weighted by Gasteiger charge is -2.09. The topological polar surface area (TPSA) is 18.5 Å². The predicted molar refractivity (Wildman–Crippen MR) is 28.1 cm³/mol.